The maximum Gasteiger partial charge on any atom is 0.137 e. The van der Waals surface area contributed by atoms with Crippen molar-refractivity contribution in [1.82, 2.24) is 9.97 Å². The Morgan fingerprint density at radius 2 is 1.95 bits per heavy atom. The Labute approximate surface area is 119 Å². The predicted octanol–water partition coefficient (Wildman–Crippen LogP) is 2.92. The van der Waals surface area contributed by atoms with Crippen LogP contribution in [-0.4, -0.2) is 28.2 Å². The second-order valence-electron chi connectivity index (χ2n) is 6.57. The Morgan fingerprint density at radius 1 is 1.32 bits per heavy atom. The third-order valence-corrected chi connectivity index (χ3v) is 4.05. The van der Waals surface area contributed by atoms with Crippen molar-refractivity contribution in [1.29, 1.82) is 0 Å². The molecule has 0 aliphatic heterocycles. The molecule has 2 N–H and O–H groups in total. The maximum atomic E-state index is 9.34. The van der Waals surface area contributed by atoms with Crippen LogP contribution in [-0.2, 0) is 5.41 Å². The lowest BCUT2D eigenvalue weighted by atomic mass is 9.95. The van der Waals surface area contributed by atoms with Gasteiger partial charge in [0.2, 0.25) is 0 Å². The van der Waals surface area contributed by atoms with Gasteiger partial charge in [0.05, 0.1) is 6.61 Å². The molecule has 0 bridgehead atoms. The quantitative estimate of drug-likeness (QED) is 0.834. The Hall–Kier alpha value is -0.870. The Balaban J connectivity index is 2.21. The minimum Gasteiger partial charge on any atom is -0.396 e. The van der Waals surface area contributed by atoms with Crippen LogP contribution in [0.1, 0.15) is 45.0 Å². The number of hydrogen-bond donors (Lipinski definition) is 2. The summed E-state index contributed by atoms with van der Waals surface area (Å²) in [7, 11) is 0. The van der Waals surface area contributed by atoms with E-state index in [4.69, 9.17) is 11.6 Å². The van der Waals surface area contributed by atoms with Crippen LogP contribution in [0.25, 0.3) is 0 Å². The highest BCUT2D eigenvalue weighted by atomic mass is 35.5. The van der Waals surface area contributed by atoms with Gasteiger partial charge in [-0.3, -0.25) is 0 Å². The Kier molecular flexibility index (Phi) is 3.76. The molecule has 0 spiro atoms. The lowest BCUT2D eigenvalue weighted by Gasteiger charge is -2.20. The molecule has 1 saturated carbocycles. The second kappa shape index (κ2) is 4.91. The molecule has 19 heavy (non-hydrogen) atoms. The first-order chi connectivity index (χ1) is 8.77. The molecular formula is C14H22ClN3O. The van der Waals surface area contributed by atoms with E-state index in [0.29, 0.717) is 5.15 Å². The van der Waals surface area contributed by atoms with Crippen LogP contribution >= 0.6 is 11.6 Å². The zero-order chi connectivity index (χ0) is 14.3. The summed E-state index contributed by atoms with van der Waals surface area (Å²) in [4.78, 5) is 8.93. The summed E-state index contributed by atoms with van der Waals surface area (Å²) in [6.45, 7) is 9.07. The monoisotopic (exact) mass is 283 g/mol. The fraction of sp³-hybridized carbons (Fsp3) is 0.714. The van der Waals surface area contributed by atoms with Gasteiger partial charge in [0, 0.05) is 22.9 Å². The van der Waals surface area contributed by atoms with E-state index >= 15 is 0 Å². The van der Waals surface area contributed by atoms with E-state index < -0.39 is 0 Å². The van der Waals surface area contributed by atoms with Crippen molar-refractivity contribution in [3.63, 3.8) is 0 Å². The molecule has 1 aromatic heterocycles. The van der Waals surface area contributed by atoms with Gasteiger partial charge < -0.3 is 10.4 Å². The first-order valence-corrected chi connectivity index (χ1v) is 7.05. The van der Waals surface area contributed by atoms with Crippen molar-refractivity contribution >= 4 is 17.4 Å². The van der Waals surface area contributed by atoms with E-state index in [0.717, 1.165) is 36.6 Å². The molecule has 0 radical (unpaired) electrons. The number of nitrogens with one attached hydrogen (secondary N) is 1. The highest BCUT2D eigenvalue weighted by Crippen LogP contribution is 2.45. The average molecular weight is 284 g/mol. The number of aliphatic hydroxyl groups excluding tert-OH is 1. The van der Waals surface area contributed by atoms with Crippen molar-refractivity contribution in [2.45, 2.75) is 46.0 Å². The van der Waals surface area contributed by atoms with Crippen LogP contribution in [0.5, 0.6) is 0 Å². The number of hydrogen-bond acceptors (Lipinski definition) is 4. The zero-order valence-corrected chi connectivity index (χ0v) is 12.8. The minimum atomic E-state index is -0.137. The molecule has 1 heterocycles. The maximum absolute atomic E-state index is 9.34. The summed E-state index contributed by atoms with van der Waals surface area (Å²) in [5, 5.41) is 13.2. The minimum absolute atomic E-state index is 0.0474. The van der Waals surface area contributed by atoms with Crippen LogP contribution in [0.15, 0.2) is 0 Å². The molecule has 4 nitrogen and oxygen atoms in total. The second-order valence-corrected chi connectivity index (χ2v) is 6.93. The summed E-state index contributed by atoms with van der Waals surface area (Å²) in [5.41, 5.74) is 0.775. The van der Waals surface area contributed by atoms with Crippen LogP contribution in [0.4, 0.5) is 5.82 Å². The lowest BCUT2D eigenvalue weighted by Crippen LogP contribution is -2.22. The number of halogens is 1. The number of aromatic nitrogens is 2. The van der Waals surface area contributed by atoms with E-state index in [-0.39, 0.29) is 17.4 Å². The van der Waals surface area contributed by atoms with Crippen LogP contribution in [0.2, 0.25) is 5.15 Å². The van der Waals surface area contributed by atoms with Gasteiger partial charge in [0.1, 0.15) is 16.8 Å². The van der Waals surface area contributed by atoms with Crippen molar-refractivity contribution in [3.8, 4) is 0 Å². The van der Waals surface area contributed by atoms with E-state index in [2.05, 4.69) is 36.1 Å². The summed E-state index contributed by atoms with van der Waals surface area (Å²) in [5.74, 6) is 1.52. The van der Waals surface area contributed by atoms with E-state index in [1.807, 2.05) is 6.92 Å². The molecule has 0 unspecified atom stereocenters. The first-order valence-electron chi connectivity index (χ1n) is 6.67. The molecule has 0 aromatic carbocycles. The molecule has 2 rings (SSSR count). The average Bonchev–Trinajstić information content (AvgIpc) is 3.10. The standard InChI is InChI=1S/C14H22ClN3O/c1-9-10(15)17-12(13(2,3)4)18-11(9)16-7-14(8-19)5-6-14/h19H,5-8H2,1-4H3,(H,16,17,18). The van der Waals surface area contributed by atoms with E-state index in [1.165, 1.54) is 0 Å². The van der Waals surface area contributed by atoms with Gasteiger partial charge in [-0.15, -0.1) is 0 Å². The number of rotatable bonds is 4. The topological polar surface area (TPSA) is 58.0 Å². The van der Waals surface area contributed by atoms with Gasteiger partial charge in [-0.2, -0.15) is 0 Å². The van der Waals surface area contributed by atoms with Gasteiger partial charge in [0.25, 0.3) is 0 Å². The molecule has 5 heteroatoms. The Morgan fingerprint density at radius 3 is 2.42 bits per heavy atom. The number of aliphatic hydroxyl groups is 1. The molecule has 1 aromatic rings. The van der Waals surface area contributed by atoms with Crippen LogP contribution in [0.3, 0.4) is 0 Å². The molecule has 106 valence electrons. The highest BCUT2D eigenvalue weighted by Gasteiger charge is 2.41. The van der Waals surface area contributed by atoms with E-state index in [1.54, 1.807) is 0 Å². The van der Waals surface area contributed by atoms with Gasteiger partial charge in [-0.25, -0.2) is 9.97 Å². The van der Waals surface area contributed by atoms with Crippen LogP contribution < -0.4 is 5.32 Å². The lowest BCUT2D eigenvalue weighted by molar-refractivity contribution is 0.219. The largest absolute Gasteiger partial charge is 0.396 e. The molecule has 0 amide bonds. The van der Waals surface area contributed by atoms with Crippen molar-refractivity contribution in [2.24, 2.45) is 5.41 Å². The third kappa shape index (κ3) is 3.18. The first kappa shape index (κ1) is 14.5. The number of nitrogens with zero attached hydrogens (tertiary/aromatic N) is 2. The highest BCUT2D eigenvalue weighted by molar-refractivity contribution is 6.30. The molecule has 0 atom stereocenters. The Bertz CT molecular complexity index is 478. The molecule has 1 fully saturated rings. The summed E-state index contributed by atoms with van der Waals surface area (Å²) in [6, 6.07) is 0. The summed E-state index contributed by atoms with van der Waals surface area (Å²) >= 11 is 6.18. The fourth-order valence-electron chi connectivity index (χ4n) is 1.84. The zero-order valence-electron chi connectivity index (χ0n) is 12.0. The number of anilines is 1. The third-order valence-electron chi connectivity index (χ3n) is 3.68. The predicted molar refractivity (Wildman–Crippen MR) is 77.7 cm³/mol. The SMILES string of the molecule is Cc1c(Cl)nc(C(C)(C)C)nc1NCC1(CO)CC1. The molecular weight excluding hydrogens is 262 g/mol. The normalized spacial score (nSPS) is 17.4. The smallest absolute Gasteiger partial charge is 0.137 e. The van der Waals surface area contributed by atoms with Crippen LogP contribution in [0, 0.1) is 12.3 Å². The van der Waals surface area contributed by atoms with Crippen molar-refractivity contribution in [2.75, 3.05) is 18.5 Å². The molecule has 1 aliphatic rings. The summed E-state index contributed by atoms with van der Waals surface area (Å²) < 4.78 is 0. The van der Waals surface area contributed by atoms with E-state index in [9.17, 15) is 5.11 Å². The van der Waals surface area contributed by atoms with Gasteiger partial charge in [0.15, 0.2) is 0 Å². The van der Waals surface area contributed by atoms with Crippen molar-refractivity contribution in [3.05, 3.63) is 16.5 Å². The molecule has 0 saturated heterocycles. The fourth-order valence-corrected chi connectivity index (χ4v) is 2.01. The van der Waals surface area contributed by atoms with Crippen molar-refractivity contribution < 1.29 is 5.11 Å². The molecule has 1 aliphatic carbocycles. The van der Waals surface area contributed by atoms with Gasteiger partial charge in [-0.05, 0) is 19.8 Å². The van der Waals surface area contributed by atoms with Gasteiger partial charge >= 0.3 is 0 Å². The van der Waals surface area contributed by atoms with Gasteiger partial charge in [-0.1, -0.05) is 32.4 Å². The summed E-state index contributed by atoms with van der Waals surface area (Å²) in [6.07, 6.45) is 2.14.